The number of hydrogen-bond donors (Lipinski definition) is 0. The van der Waals surface area contributed by atoms with E-state index in [1.165, 1.54) is 42.0 Å². The fraction of sp³-hybridized carbons (Fsp3) is 0.136. The van der Waals surface area contributed by atoms with Crippen LogP contribution in [0.2, 0.25) is 0 Å². The van der Waals surface area contributed by atoms with Gasteiger partial charge in [-0.3, -0.25) is 0 Å². The van der Waals surface area contributed by atoms with Crippen molar-refractivity contribution < 1.29 is 27.1 Å². The summed E-state index contributed by atoms with van der Waals surface area (Å²) in [6, 6.07) is 14.2. The van der Waals surface area contributed by atoms with Crippen molar-refractivity contribution in [2.24, 2.45) is 0 Å². The van der Waals surface area contributed by atoms with Crippen LogP contribution in [0.3, 0.4) is 0 Å². The van der Waals surface area contributed by atoms with E-state index in [1.54, 1.807) is 35.0 Å². The van der Waals surface area contributed by atoms with E-state index in [4.69, 9.17) is 4.74 Å². The van der Waals surface area contributed by atoms with Crippen molar-refractivity contribution in [1.29, 1.82) is 0 Å². The summed E-state index contributed by atoms with van der Waals surface area (Å²) in [6.45, 7) is -0.170. The number of hydrogen-bond acceptors (Lipinski definition) is 2. The molecule has 0 N–H and O–H groups in total. The third-order valence-electron chi connectivity index (χ3n) is 4.91. The molecule has 0 aliphatic rings. The average molecular weight is 416 g/mol. The number of fused-ring (bicyclic) bond motifs is 1. The summed E-state index contributed by atoms with van der Waals surface area (Å²) in [4.78, 5) is 12.3. The zero-order valence-electron chi connectivity index (χ0n) is 15.8. The first-order valence-corrected chi connectivity index (χ1v) is 8.99. The summed E-state index contributed by atoms with van der Waals surface area (Å²) in [7, 11) is 1.21. The van der Waals surface area contributed by atoms with Gasteiger partial charge in [-0.2, -0.15) is 13.2 Å². The Balaban J connectivity index is 1.87. The van der Waals surface area contributed by atoms with Crippen LogP contribution in [0, 0.1) is 5.82 Å². The highest BCUT2D eigenvalue weighted by molar-refractivity contribution is 5.95. The molecule has 2 aromatic carbocycles. The summed E-state index contributed by atoms with van der Waals surface area (Å²) in [5, 5.41) is 0. The molecule has 0 spiro atoms. The van der Waals surface area contributed by atoms with E-state index in [1.807, 2.05) is 0 Å². The number of halogens is 4. The van der Waals surface area contributed by atoms with Crippen LogP contribution in [0.1, 0.15) is 21.6 Å². The number of alkyl halides is 3. The predicted octanol–water partition coefficient (Wildman–Crippen LogP) is 5.42. The van der Waals surface area contributed by atoms with Crippen molar-refractivity contribution >= 4 is 17.0 Å². The molecule has 4 aromatic rings. The van der Waals surface area contributed by atoms with E-state index in [2.05, 4.69) is 0 Å². The number of esters is 1. The topological polar surface area (TPSA) is 36.2 Å². The summed E-state index contributed by atoms with van der Waals surface area (Å²) >= 11 is 0. The molecule has 8 heteroatoms. The second-order valence-corrected chi connectivity index (χ2v) is 6.69. The lowest BCUT2D eigenvalue weighted by atomic mass is 10.1. The smallest absolute Gasteiger partial charge is 0.416 e. The molecule has 2 aromatic heterocycles. The molecular formula is C22H16F4N2O2. The molecule has 4 rings (SSSR count). The summed E-state index contributed by atoms with van der Waals surface area (Å²) in [5.41, 5.74) is 1.18. The van der Waals surface area contributed by atoms with Crippen LogP contribution in [0.5, 0.6) is 0 Å². The monoisotopic (exact) mass is 416 g/mol. The fourth-order valence-corrected chi connectivity index (χ4v) is 3.52. The molecule has 0 unspecified atom stereocenters. The quantitative estimate of drug-likeness (QED) is 0.329. The first-order valence-electron chi connectivity index (χ1n) is 8.99. The van der Waals surface area contributed by atoms with Gasteiger partial charge in [-0.1, -0.05) is 18.2 Å². The Morgan fingerprint density at radius 1 is 1.00 bits per heavy atom. The molecule has 4 nitrogen and oxygen atoms in total. The van der Waals surface area contributed by atoms with Crippen molar-refractivity contribution in [3.05, 3.63) is 89.5 Å². The van der Waals surface area contributed by atoms with Gasteiger partial charge in [0.25, 0.3) is 0 Å². The van der Waals surface area contributed by atoms with Gasteiger partial charge in [-0.25, -0.2) is 9.18 Å². The molecule has 154 valence electrons. The highest BCUT2D eigenvalue weighted by Gasteiger charge is 2.33. The zero-order chi connectivity index (χ0) is 21.5. The molecule has 0 fully saturated rings. The maximum absolute atomic E-state index is 13.4. The SMILES string of the molecule is COC(=O)c1cc2c(ccn2-c2ccc(F)cc2)n1Cc1ccccc1C(F)(F)F. The number of carbonyl (C=O) groups is 1. The van der Waals surface area contributed by atoms with Crippen LogP contribution >= 0.6 is 0 Å². The highest BCUT2D eigenvalue weighted by Crippen LogP contribution is 2.33. The molecule has 0 aliphatic heterocycles. The average Bonchev–Trinajstić information content (AvgIpc) is 3.28. The molecule has 0 saturated carbocycles. The summed E-state index contributed by atoms with van der Waals surface area (Å²) in [5.74, 6) is -1.06. The Morgan fingerprint density at radius 2 is 1.70 bits per heavy atom. The minimum Gasteiger partial charge on any atom is -0.464 e. The molecule has 0 bridgehead atoms. The van der Waals surface area contributed by atoms with Gasteiger partial charge in [0.05, 0.1) is 23.7 Å². The number of nitrogens with zero attached hydrogens (tertiary/aromatic N) is 2. The van der Waals surface area contributed by atoms with Crippen LogP contribution in [0.25, 0.3) is 16.7 Å². The minimum atomic E-state index is -4.52. The normalized spacial score (nSPS) is 11.8. The molecule has 2 heterocycles. The maximum atomic E-state index is 13.4. The van der Waals surface area contributed by atoms with Crippen LogP contribution in [-0.4, -0.2) is 22.2 Å². The molecule has 0 atom stereocenters. The molecule has 0 aliphatic carbocycles. The first-order chi connectivity index (χ1) is 14.3. The molecule has 0 amide bonds. The van der Waals surface area contributed by atoms with E-state index in [-0.39, 0.29) is 17.8 Å². The van der Waals surface area contributed by atoms with Gasteiger partial charge in [-0.05, 0) is 48.0 Å². The second-order valence-electron chi connectivity index (χ2n) is 6.69. The molecule has 0 radical (unpaired) electrons. The third-order valence-corrected chi connectivity index (χ3v) is 4.91. The molecule has 0 saturated heterocycles. The summed E-state index contributed by atoms with van der Waals surface area (Å²) < 4.78 is 61.6. The van der Waals surface area contributed by atoms with E-state index in [0.717, 1.165) is 6.07 Å². The lowest BCUT2D eigenvalue weighted by Crippen LogP contribution is -2.15. The second kappa shape index (κ2) is 7.37. The largest absolute Gasteiger partial charge is 0.464 e. The van der Waals surface area contributed by atoms with E-state index in [9.17, 15) is 22.4 Å². The van der Waals surface area contributed by atoms with Crippen molar-refractivity contribution in [3.63, 3.8) is 0 Å². The first kappa shape index (κ1) is 19.8. The van der Waals surface area contributed by atoms with Gasteiger partial charge >= 0.3 is 12.1 Å². The Bertz CT molecular complexity index is 1220. The number of methoxy groups -OCH3 is 1. The number of carbonyl (C=O) groups excluding carboxylic acids is 1. The van der Waals surface area contributed by atoms with E-state index in [0.29, 0.717) is 16.7 Å². The van der Waals surface area contributed by atoms with E-state index >= 15 is 0 Å². The van der Waals surface area contributed by atoms with Crippen LogP contribution in [-0.2, 0) is 17.5 Å². The van der Waals surface area contributed by atoms with Crippen LogP contribution in [0.15, 0.2) is 66.9 Å². The van der Waals surface area contributed by atoms with Gasteiger partial charge in [0.15, 0.2) is 0 Å². The van der Waals surface area contributed by atoms with Crippen molar-refractivity contribution in [2.45, 2.75) is 12.7 Å². The standard InChI is InChI=1S/C22H16F4N2O2/c1-30-21(29)20-12-19-18(10-11-27(19)16-8-6-15(23)7-9-16)28(20)13-14-4-2-3-5-17(14)22(24,25)26/h2-12H,13H2,1H3. The Hall–Kier alpha value is -3.55. The lowest BCUT2D eigenvalue weighted by Gasteiger charge is -2.15. The van der Waals surface area contributed by atoms with Gasteiger partial charge < -0.3 is 13.9 Å². The van der Waals surface area contributed by atoms with Crippen molar-refractivity contribution in [3.8, 4) is 5.69 Å². The number of aromatic nitrogens is 2. The Kier molecular flexibility index (Phi) is 4.85. The number of benzene rings is 2. The minimum absolute atomic E-state index is 0.0298. The fourth-order valence-electron chi connectivity index (χ4n) is 3.52. The van der Waals surface area contributed by atoms with E-state index < -0.39 is 23.5 Å². The maximum Gasteiger partial charge on any atom is 0.416 e. The van der Waals surface area contributed by atoms with Gasteiger partial charge in [-0.15, -0.1) is 0 Å². The number of ether oxygens (including phenoxy) is 1. The number of rotatable bonds is 4. The van der Waals surface area contributed by atoms with Crippen LogP contribution in [0.4, 0.5) is 17.6 Å². The zero-order valence-corrected chi connectivity index (χ0v) is 15.8. The van der Waals surface area contributed by atoms with Gasteiger partial charge in [0.1, 0.15) is 11.5 Å². The molecular weight excluding hydrogens is 400 g/mol. The summed E-state index contributed by atoms with van der Waals surface area (Å²) in [6.07, 6.45) is -2.81. The lowest BCUT2D eigenvalue weighted by molar-refractivity contribution is -0.138. The molecule has 30 heavy (non-hydrogen) atoms. The highest BCUT2D eigenvalue weighted by atomic mass is 19.4. The van der Waals surface area contributed by atoms with Gasteiger partial charge in [0.2, 0.25) is 0 Å². The predicted molar refractivity (Wildman–Crippen MR) is 103 cm³/mol. The van der Waals surface area contributed by atoms with Crippen molar-refractivity contribution in [2.75, 3.05) is 7.11 Å². The Morgan fingerprint density at radius 3 is 2.37 bits per heavy atom. The van der Waals surface area contributed by atoms with Gasteiger partial charge in [0, 0.05) is 18.4 Å². The van der Waals surface area contributed by atoms with Crippen molar-refractivity contribution in [1.82, 2.24) is 9.13 Å². The third kappa shape index (κ3) is 3.45. The Labute approximate surface area is 168 Å². The van der Waals surface area contributed by atoms with Crippen LogP contribution < -0.4 is 0 Å².